The summed E-state index contributed by atoms with van der Waals surface area (Å²) in [7, 11) is -1.42. The van der Waals surface area contributed by atoms with Crippen LogP contribution in [0.5, 0.6) is 23.0 Å². The van der Waals surface area contributed by atoms with Crippen molar-refractivity contribution in [1.29, 1.82) is 0 Å². The second-order valence-electron chi connectivity index (χ2n) is 6.88. The van der Waals surface area contributed by atoms with Crippen LogP contribution in [0.3, 0.4) is 0 Å². The van der Waals surface area contributed by atoms with E-state index in [0.717, 1.165) is 5.56 Å². The first kappa shape index (κ1) is 23.8. The first-order valence-electron chi connectivity index (χ1n) is 9.15. The maximum Gasteiger partial charge on any atom is 0.236 e. The van der Waals surface area contributed by atoms with E-state index in [1.165, 1.54) is 25.9 Å². The van der Waals surface area contributed by atoms with E-state index in [1.54, 1.807) is 42.5 Å². The molecule has 0 saturated heterocycles. The monoisotopic (exact) mass is 572 g/mol. The molecule has 0 aliphatic heterocycles. The maximum atomic E-state index is 13.1. The lowest BCUT2D eigenvalue weighted by atomic mass is 10.0. The molecule has 0 aliphatic carbocycles. The quantitative estimate of drug-likeness (QED) is 0.286. The van der Waals surface area contributed by atoms with Gasteiger partial charge >= 0.3 is 0 Å². The number of aromatic hydroxyl groups is 1. The molecule has 0 radical (unpaired) electrons. The number of hydrogen-bond acceptors (Lipinski definition) is 5. The van der Waals surface area contributed by atoms with E-state index < -0.39 is 7.37 Å². The van der Waals surface area contributed by atoms with Crippen LogP contribution in [0.25, 0.3) is 0 Å². The third kappa shape index (κ3) is 6.56. The van der Waals surface area contributed by atoms with E-state index in [0.29, 0.717) is 38.2 Å². The normalized spacial score (nSPS) is 12.9. The predicted octanol–water partition coefficient (Wildman–Crippen LogP) is 7.33. The summed E-state index contributed by atoms with van der Waals surface area (Å²) >= 11 is 6.93. The molecule has 1 N–H and O–H groups in total. The van der Waals surface area contributed by atoms with Crippen molar-refractivity contribution in [2.24, 2.45) is 0 Å². The number of ether oxygens (including phenoxy) is 2. The van der Waals surface area contributed by atoms with Gasteiger partial charge in [0.1, 0.15) is 23.1 Å². The average Bonchev–Trinajstić information content (AvgIpc) is 2.73. The number of phenolic OH excluding ortho intramolecular Hbond substituents is 1. The van der Waals surface area contributed by atoms with Gasteiger partial charge < -0.3 is 19.1 Å². The number of benzene rings is 3. The Kier molecular flexibility index (Phi) is 7.81. The molecule has 0 bridgehead atoms. The molecule has 0 fully saturated rings. The van der Waals surface area contributed by atoms with Gasteiger partial charge in [0.25, 0.3) is 0 Å². The molecule has 31 heavy (non-hydrogen) atoms. The molecule has 9 heteroatoms. The van der Waals surface area contributed by atoms with Crippen molar-refractivity contribution < 1.29 is 28.1 Å². The van der Waals surface area contributed by atoms with Crippen molar-refractivity contribution in [3.63, 3.8) is 0 Å². The van der Waals surface area contributed by atoms with Crippen LogP contribution in [0.4, 0.5) is 4.39 Å². The van der Waals surface area contributed by atoms with Gasteiger partial charge in [-0.3, -0.25) is 4.57 Å². The molecule has 0 aliphatic rings. The highest BCUT2D eigenvalue weighted by atomic mass is 79.9. The fraction of sp³-hybridized carbons (Fsp3) is 0.182. The molecule has 3 aromatic carbocycles. The lowest BCUT2D eigenvalue weighted by Gasteiger charge is -2.15. The van der Waals surface area contributed by atoms with Crippen LogP contribution in [0.1, 0.15) is 11.1 Å². The van der Waals surface area contributed by atoms with Crippen LogP contribution in [0, 0.1) is 5.82 Å². The summed E-state index contributed by atoms with van der Waals surface area (Å²) in [6, 6.07) is 14.5. The largest absolute Gasteiger partial charge is 0.508 e. The smallest absolute Gasteiger partial charge is 0.236 e. The van der Waals surface area contributed by atoms with Crippen LogP contribution in [-0.4, -0.2) is 25.2 Å². The molecule has 0 heterocycles. The van der Waals surface area contributed by atoms with E-state index in [2.05, 4.69) is 31.9 Å². The molecule has 0 amide bonds. The van der Waals surface area contributed by atoms with Crippen molar-refractivity contribution in [3.05, 3.63) is 80.5 Å². The summed E-state index contributed by atoms with van der Waals surface area (Å²) in [5.74, 6) is 1.34. The van der Waals surface area contributed by atoms with Gasteiger partial charge in [-0.05, 0) is 79.9 Å². The molecule has 0 aromatic heterocycles. The molecule has 0 spiro atoms. The van der Waals surface area contributed by atoms with E-state index in [1.807, 2.05) is 0 Å². The lowest BCUT2D eigenvalue weighted by Crippen LogP contribution is -2.00. The van der Waals surface area contributed by atoms with Crippen LogP contribution in [0.2, 0.25) is 0 Å². The highest BCUT2D eigenvalue weighted by Crippen LogP contribution is 2.44. The number of rotatable bonds is 8. The topological polar surface area (TPSA) is 65.0 Å². The fourth-order valence-corrected chi connectivity index (χ4v) is 4.46. The second-order valence-corrected chi connectivity index (χ2v) is 11.2. The third-order valence-electron chi connectivity index (χ3n) is 4.40. The van der Waals surface area contributed by atoms with Crippen molar-refractivity contribution in [1.82, 2.24) is 0 Å². The molecule has 1 atom stereocenters. The first-order chi connectivity index (χ1) is 14.7. The van der Waals surface area contributed by atoms with Crippen LogP contribution in [0.15, 0.2) is 63.5 Å². The van der Waals surface area contributed by atoms with Gasteiger partial charge in [0.05, 0.1) is 8.95 Å². The van der Waals surface area contributed by atoms with Crippen LogP contribution < -0.4 is 9.47 Å². The average molecular weight is 574 g/mol. The Labute approximate surface area is 196 Å². The van der Waals surface area contributed by atoms with E-state index in [-0.39, 0.29) is 17.9 Å². The van der Waals surface area contributed by atoms with Crippen LogP contribution in [-0.2, 0) is 15.5 Å². The van der Waals surface area contributed by atoms with Gasteiger partial charge in [-0.15, -0.1) is 0 Å². The lowest BCUT2D eigenvalue weighted by molar-refractivity contribution is 0.327. The maximum absolute atomic E-state index is 13.1. The Balaban J connectivity index is 1.79. The van der Waals surface area contributed by atoms with E-state index in [4.69, 9.17) is 14.0 Å². The standard InChI is InChI=1S/C22H20Br2FO5P/c1-28-31(2,27)13-29-18-11-19(23)22(20(24)12-18)30-17-7-8-21(26)15(10-17)9-14-3-5-16(25)6-4-14/h3-8,10-12,26H,9,13H2,1-2H3. The Morgan fingerprint density at radius 3 is 2.26 bits per heavy atom. The Morgan fingerprint density at radius 1 is 1.00 bits per heavy atom. The minimum absolute atomic E-state index is 0.0483. The summed E-state index contributed by atoms with van der Waals surface area (Å²) in [5.41, 5.74) is 1.51. The Morgan fingerprint density at radius 2 is 1.65 bits per heavy atom. The number of hydrogen-bond donors (Lipinski definition) is 1. The zero-order valence-electron chi connectivity index (χ0n) is 16.8. The molecular formula is C22H20Br2FO5P. The number of halogens is 3. The molecule has 1 unspecified atom stereocenters. The zero-order chi connectivity index (χ0) is 22.6. The molecular weight excluding hydrogens is 554 g/mol. The summed E-state index contributed by atoms with van der Waals surface area (Å²) < 4.78 is 42.9. The fourth-order valence-electron chi connectivity index (χ4n) is 2.67. The number of phenols is 1. The van der Waals surface area contributed by atoms with E-state index >= 15 is 0 Å². The van der Waals surface area contributed by atoms with Gasteiger partial charge in [0, 0.05) is 25.8 Å². The van der Waals surface area contributed by atoms with Gasteiger partial charge in [0.15, 0.2) is 12.1 Å². The summed E-state index contributed by atoms with van der Waals surface area (Å²) in [4.78, 5) is 0. The van der Waals surface area contributed by atoms with Gasteiger partial charge in [-0.25, -0.2) is 4.39 Å². The zero-order valence-corrected chi connectivity index (χ0v) is 20.8. The molecule has 0 saturated carbocycles. The Hall–Kier alpha value is -1.86. The van der Waals surface area contributed by atoms with Crippen molar-refractivity contribution in [2.75, 3.05) is 20.1 Å². The third-order valence-corrected chi connectivity index (χ3v) is 6.95. The first-order valence-corrected chi connectivity index (χ1v) is 13.0. The highest BCUT2D eigenvalue weighted by Gasteiger charge is 2.17. The summed E-state index contributed by atoms with van der Waals surface area (Å²) in [5, 5.41) is 10.2. The van der Waals surface area contributed by atoms with Gasteiger partial charge in [0.2, 0.25) is 7.37 Å². The molecule has 164 valence electrons. The predicted molar refractivity (Wildman–Crippen MR) is 125 cm³/mol. The minimum Gasteiger partial charge on any atom is -0.508 e. The molecule has 3 aromatic rings. The van der Waals surface area contributed by atoms with Gasteiger partial charge in [-0.2, -0.15) is 0 Å². The minimum atomic E-state index is -2.81. The summed E-state index contributed by atoms with van der Waals surface area (Å²) in [6.07, 6.45) is 0.377. The van der Waals surface area contributed by atoms with Gasteiger partial charge in [-0.1, -0.05) is 12.1 Å². The Bertz CT molecular complexity index is 1100. The second kappa shape index (κ2) is 10.2. The SMILES string of the molecule is COP(C)(=O)COc1cc(Br)c(Oc2ccc(O)c(Cc3ccc(F)cc3)c2)c(Br)c1. The van der Waals surface area contributed by atoms with E-state index in [9.17, 15) is 14.1 Å². The highest BCUT2D eigenvalue weighted by molar-refractivity contribution is 9.11. The summed E-state index contributed by atoms with van der Waals surface area (Å²) in [6.45, 7) is 1.50. The molecule has 3 rings (SSSR count). The molecule has 5 nitrogen and oxygen atoms in total. The van der Waals surface area contributed by atoms with Crippen molar-refractivity contribution >= 4 is 39.2 Å². The van der Waals surface area contributed by atoms with Crippen LogP contribution >= 0.6 is 39.2 Å². The van der Waals surface area contributed by atoms with Crippen molar-refractivity contribution in [3.8, 4) is 23.0 Å². The van der Waals surface area contributed by atoms with Crippen molar-refractivity contribution in [2.45, 2.75) is 6.42 Å².